The standard InChI is InChI=1S/C31H37N4O8P/c1-4-42-44(40,43-5-2)21-28(30(37)34-15-17-35(18-16-34)31(38)39)33-29(36)27-20-24(22-11-13-25(41-3)14-12-22)19-26(32-27)23-9-7-6-8-10-23/h6-14,19-20,28H,4-5,15-18,21H2,1-3H3,(H,33,36)(H,38,39)/t28-/m0/s1. The number of carboxylic acid groups (broad SMARTS) is 1. The molecule has 2 heterocycles. The van der Waals surface area contributed by atoms with Crippen LogP contribution in [-0.4, -0.2) is 96.5 Å². The number of carbonyl (C=O) groups excluding carboxylic acids is 2. The molecule has 0 bridgehead atoms. The Labute approximate surface area is 256 Å². The molecule has 0 saturated carbocycles. The van der Waals surface area contributed by atoms with Crippen LogP contribution in [-0.2, 0) is 18.4 Å². The van der Waals surface area contributed by atoms with Gasteiger partial charge in [0.15, 0.2) is 0 Å². The number of amides is 3. The molecule has 0 radical (unpaired) electrons. The molecule has 3 amide bonds. The Balaban J connectivity index is 1.68. The number of aromatic nitrogens is 1. The van der Waals surface area contributed by atoms with Crippen LogP contribution >= 0.6 is 7.60 Å². The Morgan fingerprint density at radius 3 is 2.07 bits per heavy atom. The van der Waals surface area contributed by atoms with E-state index in [1.54, 1.807) is 27.0 Å². The minimum atomic E-state index is -3.78. The quantitative estimate of drug-likeness (QED) is 0.276. The molecule has 1 atom stereocenters. The molecule has 0 unspecified atom stereocenters. The van der Waals surface area contributed by atoms with E-state index in [2.05, 4.69) is 10.3 Å². The topological polar surface area (TPSA) is 148 Å². The van der Waals surface area contributed by atoms with E-state index in [1.165, 1.54) is 9.80 Å². The van der Waals surface area contributed by atoms with E-state index in [0.29, 0.717) is 17.0 Å². The van der Waals surface area contributed by atoms with Crippen molar-refractivity contribution in [2.45, 2.75) is 19.9 Å². The van der Waals surface area contributed by atoms with Crippen molar-refractivity contribution in [3.8, 4) is 28.1 Å². The summed E-state index contributed by atoms with van der Waals surface area (Å²) in [5.41, 5.74) is 2.92. The fraction of sp³-hybridized carbons (Fsp3) is 0.355. The highest BCUT2D eigenvalue weighted by Crippen LogP contribution is 2.48. The first-order chi connectivity index (χ1) is 21.2. The van der Waals surface area contributed by atoms with Crippen LogP contribution in [0.2, 0.25) is 0 Å². The van der Waals surface area contributed by atoms with E-state index in [4.69, 9.17) is 13.8 Å². The van der Waals surface area contributed by atoms with Crippen molar-refractivity contribution < 1.29 is 37.8 Å². The van der Waals surface area contributed by atoms with E-state index in [0.717, 1.165) is 11.1 Å². The molecule has 12 nitrogen and oxygen atoms in total. The van der Waals surface area contributed by atoms with Gasteiger partial charge >= 0.3 is 13.7 Å². The van der Waals surface area contributed by atoms with E-state index in [-0.39, 0.29) is 45.1 Å². The van der Waals surface area contributed by atoms with Crippen LogP contribution < -0.4 is 10.1 Å². The van der Waals surface area contributed by atoms with E-state index >= 15 is 0 Å². The number of nitrogens with one attached hydrogen (secondary N) is 1. The first-order valence-corrected chi connectivity index (χ1v) is 16.1. The van der Waals surface area contributed by atoms with Crippen LogP contribution in [0.1, 0.15) is 24.3 Å². The number of hydrogen-bond donors (Lipinski definition) is 2. The monoisotopic (exact) mass is 624 g/mol. The predicted molar refractivity (Wildman–Crippen MR) is 165 cm³/mol. The highest BCUT2D eigenvalue weighted by atomic mass is 31.2. The minimum absolute atomic E-state index is 0.0494. The second-order valence-electron chi connectivity index (χ2n) is 9.97. The zero-order valence-electron chi connectivity index (χ0n) is 25.0. The third-order valence-electron chi connectivity index (χ3n) is 7.07. The minimum Gasteiger partial charge on any atom is -0.497 e. The molecule has 1 aliphatic heterocycles. The number of benzene rings is 2. The van der Waals surface area contributed by atoms with Gasteiger partial charge in [0.25, 0.3) is 5.91 Å². The van der Waals surface area contributed by atoms with Crippen molar-refractivity contribution in [1.29, 1.82) is 0 Å². The van der Waals surface area contributed by atoms with Gasteiger partial charge in [0.1, 0.15) is 17.5 Å². The molecule has 4 rings (SSSR count). The summed E-state index contributed by atoms with van der Waals surface area (Å²) >= 11 is 0. The molecule has 1 fully saturated rings. The van der Waals surface area contributed by atoms with Gasteiger partial charge in [-0.1, -0.05) is 42.5 Å². The van der Waals surface area contributed by atoms with Gasteiger partial charge in [-0.15, -0.1) is 0 Å². The molecule has 0 spiro atoms. The Bertz CT molecular complexity index is 1480. The first kappa shape index (κ1) is 32.7. The molecular weight excluding hydrogens is 587 g/mol. The molecule has 2 aromatic carbocycles. The second-order valence-corrected chi connectivity index (χ2v) is 12.1. The summed E-state index contributed by atoms with van der Waals surface area (Å²) in [6.07, 6.45) is -1.47. The molecule has 234 valence electrons. The molecule has 1 aromatic heterocycles. The molecule has 1 saturated heterocycles. The van der Waals surface area contributed by atoms with Crippen molar-refractivity contribution in [2.24, 2.45) is 0 Å². The van der Waals surface area contributed by atoms with Gasteiger partial charge in [-0.3, -0.25) is 14.2 Å². The number of ether oxygens (including phenoxy) is 1. The van der Waals surface area contributed by atoms with Crippen molar-refractivity contribution in [3.63, 3.8) is 0 Å². The smallest absolute Gasteiger partial charge is 0.407 e. The van der Waals surface area contributed by atoms with Gasteiger partial charge < -0.3 is 34.0 Å². The average molecular weight is 625 g/mol. The van der Waals surface area contributed by atoms with Crippen LogP contribution in [0.15, 0.2) is 66.7 Å². The fourth-order valence-corrected chi connectivity index (χ4v) is 6.64. The van der Waals surface area contributed by atoms with Crippen LogP contribution in [0.25, 0.3) is 22.4 Å². The lowest BCUT2D eigenvalue weighted by atomic mass is 10.0. The summed E-state index contributed by atoms with van der Waals surface area (Å²) in [5, 5.41) is 12.0. The van der Waals surface area contributed by atoms with Gasteiger partial charge in [-0.25, -0.2) is 9.78 Å². The molecule has 0 aliphatic carbocycles. The molecule has 1 aliphatic rings. The van der Waals surface area contributed by atoms with E-state index in [1.807, 2.05) is 60.7 Å². The van der Waals surface area contributed by atoms with Crippen LogP contribution in [0.5, 0.6) is 5.75 Å². The third kappa shape index (κ3) is 8.22. The van der Waals surface area contributed by atoms with Crippen molar-refractivity contribution in [3.05, 3.63) is 72.4 Å². The number of piperazine rings is 1. The number of rotatable bonds is 12. The highest BCUT2D eigenvalue weighted by molar-refractivity contribution is 7.54. The van der Waals surface area contributed by atoms with Crippen molar-refractivity contribution >= 4 is 25.5 Å². The van der Waals surface area contributed by atoms with Gasteiger partial charge in [0, 0.05) is 31.7 Å². The number of methoxy groups -OCH3 is 1. The maximum atomic E-state index is 13.8. The lowest BCUT2D eigenvalue weighted by Gasteiger charge is -2.35. The van der Waals surface area contributed by atoms with E-state index < -0.39 is 37.7 Å². The van der Waals surface area contributed by atoms with Crippen molar-refractivity contribution in [2.75, 3.05) is 52.7 Å². The van der Waals surface area contributed by atoms with Crippen LogP contribution in [0.3, 0.4) is 0 Å². The zero-order chi connectivity index (χ0) is 31.7. The molecular formula is C31H37N4O8P. The fourth-order valence-electron chi connectivity index (χ4n) is 4.87. The summed E-state index contributed by atoms with van der Waals surface area (Å²) in [7, 11) is -2.20. The van der Waals surface area contributed by atoms with Gasteiger partial charge in [0.2, 0.25) is 5.91 Å². The summed E-state index contributed by atoms with van der Waals surface area (Å²) in [6.45, 7) is 3.94. The number of pyridine rings is 1. The van der Waals surface area contributed by atoms with Gasteiger partial charge in [-0.2, -0.15) is 0 Å². The number of nitrogens with zero attached hydrogens (tertiary/aromatic N) is 3. The summed E-state index contributed by atoms with van der Waals surface area (Å²) in [5.74, 6) is -0.486. The molecule has 2 N–H and O–H groups in total. The van der Waals surface area contributed by atoms with Crippen LogP contribution in [0.4, 0.5) is 4.79 Å². The Hall–Kier alpha value is -4.25. The third-order valence-corrected chi connectivity index (χ3v) is 9.19. The predicted octanol–water partition coefficient (Wildman–Crippen LogP) is 4.61. The SMILES string of the molecule is CCOP(=O)(C[C@H](NC(=O)c1cc(-c2ccc(OC)cc2)cc(-c2ccccc2)n1)C(=O)N1CCN(C(=O)O)CC1)OCC. The van der Waals surface area contributed by atoms with Crippen LogP contribution in [0, 0.1) is 0 Å². The maximum absolute atomic E-state index is 13.8. The molecule has 3 aromatic rings. The summed E-state index contributed by atoms with van der Waals surface area (Å²) < 4.78 is 29.7. The van der Waals surface area contributed by atoms with E-state index in [9.17, 15) is 24.1 Å². The average Bonchev–Trinajstić information content (AvgIpc) is 3.04. The summed E-state index contributed by atoms with van der Waals surface area (Å²) in [4.78, 5) is 46.2. The molecule has 44 heavy (non-hydrogen) atoms. The highest BCUT2D eigenvalue weighted by Gasteiger charge is 2.37. The second kappa shape index (κ2) is 15.0. The first-order valence-electron chi connectivity index (χ1n) is 14.3. The van der Waals surface area contributed by atoms with Gasteiger partial charge in [-0.05, 0) is 49.2 Å². The normalized spacial score (nSPS) is 14.2. The van der Waals surface area contributed by atoms with Gasteiger partial charge in [0.05, 0.1) is 32.2 Å². The zero-order valence-corrected chi connectivity index (χ0v) is 25.9. The number of hydrogen-bond acceptors (Lipinski definition) is 8. The summed E-state index contributed by atoms with van der Waals surface area (Å²) in [6, 6.07) is 19.0. The lowest BCUT2D eigenvalue weighted by molar-refractivity contribution is -0.134. The Morgan fingerprint density at radius 2 is 1.50 bits per heavy atom. The Morgan fingerprint density at radius 1 is 0.886 bits per heavy atom. The van der Waals surface area contributed by atoms with Crippen molar-refractivity contribution in [1.82, 2.24) is 20.1 Å². The largest absolute Gasteiger partial charge is 0.497 e. The molecule has 13 heteroatoms. The lowest BCUT2D eigenvalue weighted by Crippen LogP contribution is -2.56. The Kier molecular flexibility index (Phi) is 11.1. The number of carbonyl (C=O) groups is 3. The maximum Gasteiger partial charge on any atom is 0.407 e.